The van der Waals surface area contributed by atoms with Gasteiger partial charge in [0, 0.05) is 11.4 Å². The molecule has 0 aliphatic rings. The third kappa shape index (κ3) is 5.80. The molecule has 0 heterocycles. The first kappa shape index (κ1) is 22.2. The standard InChI is InChI=1S/C26H29N3O2/c1-18-13-15-22(16-14-18)27-26(31)25(21-11-6-5-7-12-21)29(4)17-23(30)28-24-19(2)9-8-10-20(24)3/h5-16,25H,17H2,1-4H3,(H,27,31)(H,28,30). The third-order valence-electron chi connectivity index (χ3n) is 5.26. The van der Waals surface area contributed by atoms with Gasteiger partial charge in [0.05, 0.1) is 6.54 Å². The van der Waals surface area contributed by atoms with E-state index in [1.54, 1.807) is 11.9 Å². The number of carbonyl (C=O) groups excluding carboxylic acids is 2. The Balaban J connectivity index is 1.77. The van der Waals surface area contributed by atoms with E-state index in [1.807, 2.05) is 93.6 Å². The van der Waals surface area contributed by atoms with Gasteiger partial charge >= 0.3 is 0 Å². The molecule has 0 radical (unpaired) electrons. The minimum Gasteiger partial charge on any atom is -0.324 e. The van der Waals surface area contributed by atoms with E-state index >= 15 is 0 Å². The summed E-state index contributed by atoms with van der Waals surface area (Å²) in [5.74, 6) is -0.346. The molecule has 5 heteroatoms. The van der Waals surface area contributed by atoms with E-state index in [-0.39, 0.29) is 18.4 Å². The first-order chi connectivity index (χ1) is 14.8. The maximum absolute atomic E-state index is 13.2. The van der Waals surface area contributed by atoms with Gasteiger partial charge in [0.25, 0.3) is 0 Å². The summed E-state index contributed by atoms with van der Waals surface area (Å²) in [4.78, 5) is 27.8. The second kappa shape index (κ2) is 10.0. The number of hydrogen-bond donors (Lipinski definition) is 2. The lowest BCUT2D eigenvalue weighted by Crippen LogP contribution is -2.39. The van der Waals surface area contributed by atoms with Crippen LogP contribution in [0.1, 0.15) is 28.3 Å². The second-order valence-corrected chi connectivity index (χ2v) is 7.90. The smallest absolute Gasteiger partial charge is 0.246 e. The Morgan fingerprint density at radius 2 is 1.42 bits per heavy atom. The number of likely N-dealkylation sites (N-methyl/N-ethyl adjacent to an activating group) is 1. The molecule has 0 spiro atoms. The number of amides is 2. The van der Waals surface area contributed by atoms with Crippen molar-refractivity contribution in [2.45, 2.75) is 26.8 Å². The summed E-state index contributed by atoms with van der Waals surface area (Å²) in [6.45, 7) is 6.01. The lowest BCUT2D eigenvalue weighted by atomic mass is 10.0. The van der Waals surface area contributed by atoms with Crippen molar-refractivity contribution in [1.29, 1.82) is 0 Å². The molecule has 31 heavy (non-hydrogen) atoms. The zero-order valence-corrected chi connectivity index (χ0v) is 18.5. The molecular formula is C26H29N3O2. The maximum atomic E-state index is 13.2. The average molecular weight is 416 g/mol. The lowest BCUT2D eigenvalue weighted by molar-refractivity contribution is -0.123. The fourth-order valence-corrected chi connectivity index (χ4v) is 3.60. The Bertz CT molecular complexity index is 1030. The van der Waals surface area contributed by atoms with Gasteiger partial charge in [-0.2, -0.15) is 0 Å². The Labute approximate surface area is 184 Å². The molecule has 0 saturated carbocycles. The lowest BCUT2D eigenvalue weighted by Gasteiger charge is -2.27. The van der Waals surface area contributed by atoms with Crippen LogP contribution in [0.3, 0.4) is 0 Å². The average Bonchev–Trinajstić information content (AvgIpc) is 2.73. The number of para-hydroxylation sites is 1. The van der Waals surface area contributed by atoms with E-state index < -0.39 is 6.04 Å². The summed E-state index contributed by atoms with van der Waals surface area (Å²) in [5, 5.41) is 5.98. The van der Waals surface area contributed by atoms with Crippen molar-refractivity contribution in [3.05, 3.63) is 95.1 Å². The van der Waals surface area contributed by atoms with Crippen LogP contribution in [0.15, 0.2) is 72.8 Å². The van der Waals surface area contributed by atoms with E-state index in [0.717, 1.165) is 33.6 Å². The van der Waals surface area contributed by atoms with Gasteiger partial charge in [-0.05, 0) is 56.6 Å². The normalized spacial score (nSPS) is 11.8. The minimum absolute atomic E-state index is 0.0780. The van der Waals surface area contributed by atoms with Gasteiger partial charge in [0.2, 0.25) is 11.8 Å². The largest absolute Gasteiger partial charge is 0.324 e. The quantitative estimate of drug-likeness (QED) is 0.579. The zero-order valence-electron chi connectivity index (χ0n) is 18.5. The zero-order chi connectivity index (χ0) is 22.4. The Kier molecular flexibility index (Phi) is 7.21. The molecule has 0 fully saturated rings. The van der Waals surface area contributed by atoms with Gasteiger partial charge in [-0.15, -0.1) is 0 Å². The highest BCUT2D eigenvalue weighted by Gasteiger charge is 2.27. The molecule has 160 valence electrons. The highest BCUT2D eigenvalue weighted by Crippen LogP contribution is 2.23. The molecule has 0 bridgehead atoms. The van der Waals surface area contributed by atoms with Crippen molar-refractivity contribution in [1.82, 2.24) is 4.90 Å². The summed E-state index contributed by atoms with van der Waals surface area (Å²) in [6.07, 6.45) is 0. The molecule has 5 nitrogen and oxygen atoms in total. The van der Waals surface area contributed by atoms with Crippen LogP contribution >= 0.6 is 0 Å². The molecule has 3 aromatic rings. The van der Waals surface area contributed by atoms with Crippen LogP contribution in [-0.4, -0.2) is 30.3 Å². The molecule has 3 aromatic carbocycles. The van der Waals surface area contributed by atoms with Crippen LogP contribution in [-0.2, 0) is 9.59 Å². The molecular weight excluding hydrogens is 386 g/mol. The Morgan fingerprint density at radius 3 is 2.03 bits per heavy atom. The van der Waals surface area contributed by atoms with Crippen molar-refractivity contribution in [2.24, 2.45) is 0 Å². The number of nitrogens with zero attached hydrogens (tertiary/aromatic N) is 1. The number of anilines is 2. The predicted octanol–water partition coefficient (Wildman–Crippen LogP) is 4.86. The van der Waals surface area contributed by atoms with Gasteiger partial charge < -0.3 is 10.6 Å². The van der Waals surface area contributed by atoms with Gasteiger partial charge in [-0.25, -0.2) is 0 Å². The summed E-state index contributed by atoms with van der Waals surface area (Å²) in [5.41, 5.74) is 5.51. The number of benzene rings is 3. The molecule has 0 saturated heterocycles. The number of rotatable bonds is 7. The van der Waals surface area contributed by atoms with E-state index in [1.165, 1.54) is 0 Å². The highest BCUT2D eigenvalue weighted by molar-refractivity contribution is 5.97. The topological polar surface area (TPSA) is 61.4 Å². The van der Waals surface area contributed by atoms with E-state index in [9.17, 15) is 9.59 Å². The van der Waals surface area contributed by atoms with Crippen LogP contribution in [0.5, 0.6) is 0 Å². The van der Waals surface area contributed by atoms with Crippen molar-refractivity contribution in [2.75, 3.05) is 24.2 Å². The van der Waals surface area contributed by atoms with Crippen LogP contribution in [0.2, 0.25) is 0 Å². The molecule has 0 aromatic heterocycles. The van der Waals surface area contributed by atoms with E-state index in [2.05, 4.69) is 10.6 Å². The molecule has 0 aliphatic heterocycles. The summed E-state index contributed by atoms with van der Waals surface area (Å²) < 4.78 is 0. The van der Waals surface area contributed by atoms with Gasteiger partial charge in [-0.1, -0.05) is 66.2 Å². The summed E-state index contributed by atoms with van der Waals surface area (Å²) in [6, 6.07) is 22.5. The molecule has 1 atom stereocenters. The highest BCUT2D eigenvalue weighted by atomic mass is 16.2. The van der Waals surface area contributed by atoms with Crippen LogP contribution in [0, 0.1) is 20.8 Å². The van der Waals surface area contributed by atoms with Crippen molar-refractivity contribution >= 4 is 23.2 Å². The van der Waals surface area contributed by atoms with Crippen molar-refractivity contribution in [3.8, 4) is 0 Å². The number of nitrogens with one attached hydrogen (secondary N) is 2. The molecule has 2 N–H and O–H groups in total. The van der Waals surface area contributed by atoms with Gasteiger partial charge in [0.15, 0.2) is 0 Å². The van der Waals surface area contributed by atoms with Crippen LogP contribution < -0.4 is 10.6 Å². The number of hydrogen-bond acceptors (Lipinski definition) is 3. The van der Waals surface area contributed by atoms with Gasteiger partial charge in [-0.3, -0.25) is 14.5 Å². The van der Waals surface area contributed by atoms with E-state index in [4.69, 9.17) is 0 Å². The van der Waals surface area contributed by atoms with E-state index in [0.29, 0.717) is 0 Å². The minimum atomic E-state index is -0.605. The van der Waals surface area contributed by atoms with Gasteiger partial charge in [0.1, 0.15) is 6.04 Å². The Morgan fingerprint density at radius 1 is 0.806 bits per heavy atom. The van der Waals surface area contributed by atoms with Crippen LogP contribution in [0.25, 0.3) is 0 Å². The third-order valence-corrected chi connectivity index (χ3v) is 5.26. The fourth-order valence-electron chi connectivity index (χ4n) is 3.60. The predicted molar refractivity (Wildman–Crippen MR) is 126 cm³/mol. The summed E-state index contributed by atoms with van der Waals surface area (Å²) >= 11 is 0. The molecule has 1 unspecified atom stereocenters. The van der Waals surface area contributed by atoms with Crippen molar-refractivity contribution in [3.63, 3.8) is 0 Å². The first-order valence-electron chi connectivity index (χ1n) is 10.3. The molecule has 2 amide bonds. The SMILES string of the molecule is Cc1ccc(NC(=O)C(c2ccccc2)N(C)CC(=O)Nc2c(C)cccc2C)cc1. The fraction of sp³-hybridized carbons (Fsp3) is 0.231. The second-order valence-electron chi connectivity index (χ2n) is 7.90. The van der Waals surface area contributed by atoms with Crippen molar-refractivity contribution < 1.29 is 9.59 Å². The number of carbonyl (C=O) groups is 2. The maximum Gasteiger partial charge on any atom is 0.246 e. The molecule has 0 aliphatic carbocycles. The van der Waals surface area contributed by atoms with Crippen LogP contribution in [0.4, 0.5) is 11.4 Å². The Hall–Kier alpha value is -3.44. The number of aryl methyl sites for hydroxylation is 3. The molecule has 3 rings (SSSR count). The first-order valence-corrected chi connectivity index (χ1v) is 10.3. The monoisotopic (exact) mass is 415 g/mol. The summed E-state index contributed by atoms with van der Waals surface area (Å²) in [7, 11) is 1.79.